The Morgan fingerprint density at radius 1 is 1.25 bits per heavy atom. The van der Waals surface area contributed by atoms with Gasteiger partial charge >= 0.3 is 0 Å². The van der Waals surface area contributed by atoms with Gasteiger partial charge in [-0.3, -0.25) is 4.79 Å². The van der Waals surface area contributed by atoms with Gasteiger partial charge in [-0.05, 0) is 24.6 Å². The molecule has 0 radical (unpaired) electrons. The Hall–Kier alpha value is -3.80. The van der Waals surface area contributed by atoms with Gasteiger partial charge in [0.1, 0.15) is 17.2 Å². The highest BCUT2D eigenvalue weighted by Crippen LogP contribution is 2.28. The number of carbonyl (C=O) groups excluding carboxylic acids is 1. The molecule has 1 aliphatic heterocycles. The van der Waals surface area contributed by atoms with Gasteiger partial charge in [-0.1, -0.05) is 0 Å². The predicted molar refractivity (Wildman–Crippen MR) is 115 cm³/mol. The van der Waals surface area contributed by atoms with Crippen LogP contribution in [0.25, 0.3) is 22.2 Å². The molecule has 1 saturated heterocycles. The van der Waals surface area contributed by atoms with Crippen LogP contribution in [0.2, 0.25) is 0 Å². The van der Waals surface area contributed by atoms with Gasteiger partial charge in [0.05, 0.1) is 29.5 Å². The minimum atomic E-state index is -0.779. The molecule has 2 atom stereocenters. The average Bonchev–Trinajstić information content (AvgIpc) is 3.43. The van der Waals surface area contributed by atoms with E-state index in [1.165, 1.54) is 18.5 Å². The summed E-state index contributed by atoms with van der Waals surface area (Å²) < 4.78 is 15.0. The Kier molecular flexibility index (Phi) is 4.85. The molecule has 12 heteroatoms. The number of aliphatic hydroxyl groups is 1. The number of carbonyl (C=O) groups is 1. The number of nitrogens with one attached hydrogen (secondary N) is 1. The van der Waals surface area contributed by atoms with Crippen molar-refractivity contribution < 1.29 is 14.3 Å². The number of fused-ring (bicyclic) bond motifs is 2. The molecule has 5 rings (SSSR count). The third-order valence-corrected chi connectivity index (χ3v) is 5.73. The summed E-state index contributed by atoms with van der Waals surface area (Å²) in [6.45, 7) is 0.530. The van der Waals surface area contributed by atoms with Crippen LogP contribution in [0.3, 0.4) is 0 Å². The van der Waals surface area contributed by atoms with Crippen LogP contribution < -0.4 is 11.5 Å². The number of imidazole rings is 2. The first-order valence-corrected chi connectivity index (χ1v) is 10.2. The molecular weight excluding hydrogens is 417 g/mol. The summed E-state index contributed by atoms with van der Waals surface area (Å²) >= 11 is 0. The average molecular weight is 439 g/mol. The van der Waals surface area contributed by atoms with Crippen LogP contribution in [0.4, 0.5) is 16.2 Å². The van der Waals surface area contributed by atoms with Crippen LogP contribution in [0.5, 0.6) is 0 Å². The van der Waals surface area contributed by atoms with Crippen molar-refractivity contribution in [3.05, 3.63) is 36.2 Å². The minimum Gasteiger partial charge on any atom is -0.389 e. The van der Waals surface area contributed by atoms with Gasteiger partial charge in [-0.25, -0.2) is 14.4 Å². The number of likely N-dealkylation sites (tertiary alicyclic amines) is 1. The molecular formula is C20H22FN9O2. The molecule has 32 heavy (non-hydrogen) atoms. The number of H-pyrrole nitrogens is 1. The zero-order chi connectivity index (χ0) is 22.4. The number of nitrogens with two attached hydrogens (primary N) is 2. The summed E-state index contributed by atoms with van der Waals surface area (Å²) in [4.78, 5) is 34.2. The van der Waals surface area contributed by atoms with E-state index in [4.69, 9.17) is 11.5 Å². The van der Waals surface area contributed by atoms with E-state index in [0.29, 0.717) is 53.8 Å². The Balaban J connectivity index is 1.23. The zero-order valence-corrected chi connectivity index (χ0v) is 17.1. The van der Waals surface area contributed by atoms with E-state index in [2.05, 4.69) is 24.9 Å². The maximum absolute atomic E-state index is 13.3. The van der Waals surface area contributed by atoms with Gasteiger partial charge in [0, 0.05) is 25.9 Å². The third-order valence-electron chi connectivity index (χ3n) is 5.73. The van der Waals surface area contributed by atoms with E-state index >= 15 is 0 Å². The lowest BCUT2D eigenvalue weighted by molar-refractivity contribution is -0.130. The molecule has 1 fully saturated rings. The summed E-state index contributed by atoms with van der Waals surface area (Å²) in [6.07, 6.45) is 2.19. The molecule has 4 heterocycles. The van der Waals surface area contributed by atoms with Crippen LogP contribution in [0.15, 0.2) is 24.5 Å². The van der Waals surface area contributed by atoms with Gasteiger partial charge in [0.25, 0.3) is 0 Å². The lowest BCUT2D eigenvalue weighted by Gasteiger charge is -2.17. The molecule has 0 aliphatic carbocycles. The first kappa shape index (κ1) is 20.1. The number of β-amino-alcohol motifs (C(OH)–C–C–N with tert-alkyl or cyclic N) is 1. The number of benzene rings is 1. The van der Waals surface area contributed by atoms with E-state index in [0.717, 1.165) is 0 Å². The minimum absolute atomic E-state index is 0.0190. The first-order chi connectivity index (χ1) is 15.4. The Bertz CT molecular complexity index is 1320. The fourth-order valence-corrected chi connectivity index (χ4v) is 4.16. The normalized spacial score (nSPS) is 18.8. The van der Waals surface area contributed by atoms with E-state index < -0.39 is 12.1 Å². The number of aromatic amines is 1. The van der Waals surface area contributed by atoms with Crippen LogP contribution >= 0.6 is 0 Å². The second kappa shape index (κ2) is 7.71. The number of halogens is 1. The Labute approximate surface area is 181 Å². The van der Waals surface area contributed by atoms with Crippen molar-refractivity contribution in [1.29, 1.82) is 0 Å². The van der Waals surface area contributed by atoms with Crippen molar-refractivity contribution in [2.75, 3.05) is 24.6 Å². The highest BCUT2D eigenvalue weighted by Gasteiger charge is 2.36. The van der Waals surface area contributed by atoms with Gasteiger partial charge in [0.2, 0.25) is 11.9 Å². The smallest absolute Gasteiger partial charge is 0.224 e. The van der Waals surface area contributed by atoms with Crippen molar-refractivity contribution in [3.8, 4) is 0 Å². The van der Waals surface area contributed by atoms with Crippen LogP contribution in [-0.2, 0) is 11.2 Å². The summed E-state index contributed by atoms with van der Waals surface area (Å²) in [5.74, 6) is 0.502. The quantitative estimate of drug-likeness (QED) is 0.354. The topological polar surface area (TPSA) is 165 Å². The zero-order valence-electron chi connectivity index (χ0n) is 17.1. The fourth-order valence-electron chi connectivity index (χ4n) is 4.16. The number of hydrogen-bond acceptors (Lipinski definition) is 8. The summed E-state index contributed by atoms with van der Waals surface area (Å²) in [5, 5.41) is 10.6. The van der Waals surface area contributed by atoms with Crippen molar-refractivity contribution in [3.63, 3.8) is 0 Å². The molecule has 0 spiro atoms. The van der Waals surface area contributed by atoms with Crippen LogP contribution in [-0.4, -0.2) is 64.6 Å². The Morgan fingerprint density at radius 3 is 2.94 bits per heavy atom. The largest absolute Gasteiger partial charge is 0.389 e. The number of aliphatic hydroxyl groups excluding tert-OH is 1. The Morgan fingerprint density at radius 2 is 2.09 bits per heavy atom. The third kappa shape index (κ3) is 3.58. The second-order valence-corrected chi connectivity index (χ2v) is 7.92. The number of nitrogen functional groups attached to an aromatic ring is 2. The standard InChI is InChI=1S/C20H22FN9O2/c21-10-4-5-11-12(6-10)26-15(25-11)2-1-3-16(32)29-7-13(14(31)8-29)30-9-24-17-18(22)27-20(23)28-19(17)30/h4-6,9,13-14,31H,1-3,7-8H2,(H,25,26)(H4,22,23,27,28)/t13-,14-/m0/s1. The molecule has 0 saturated carbocycles. The summed E-state index contributed by atoms with van der Waals surface area (Å²) in [6, 6.07) is 3.97. The maximum Gasteiger partial charge on any atom is 0.224 e. The predicted octanol–water partition coefficient (Wildman–Crippen LogP) is 0.773. The van der Waals surface area contributed by atoms with E-state index in [1.807, 2.05) is 0 Å². The highest BCUT2D eigenvalue weighted by molar-refractivity contribution is 5.83. The number of aryl methyl sites for hydroxylation is 1. The number of rotatable bonds is 5. The molecule has 11 nitrogen and oxygen atoms in total. The number of amides is 1. The maximum atomic E-state index is 13.3. The van der Waals surface area contributed by atoms with Crippen LogP contribution in [0, 0.1) is 5.82 Å². The number of nitrogens with zero attached hydrogens (tertiary/aromatic N) is 6. The lowest BCUT2D eigenvalue weighted by Crippen LogP contribution is -2.29. The van der Waals surface area contributed by atoms with Crippen molar-refractivity contribution in [1.82, 2.24) is 34.4 Å². The molecule has 4 aromatic rings. The molecule has 1 aliphatic rings. The van der Waals surface area contributed by atoms with E-state index in [-0.39, 0.29) is 30.0 Å². The molecule has 1 amide bonds. The van der Waals surface area contributed by atoms with Crippen LogP contribution in [0.1, 0.15) is 24.7 Å². The molecule has 1 aromatic carbocycles. The van der Waals surface area contributed by atoms with Crippen molar-refractivity contribution in [2.45, 2.75) is 31.4 Å². The highest BCUT2D eigenvalue weighted by atomic mass is 19.1. The number of anilines is 2. The molecule has 6 N–H and O–H groups in total. The molecule has 0 unspecified atom stereocenters. The van der Waals surface area contributed by atoms with Gasteiger partial charge in [0.15, 0.2) is 11.5 Å². The van der Waals surface area contributed by atoms with Gasteiger partial charge < -0.3 is 31.0 Å². The number of aromatic nitrogens is 6. The first-order valence-electron chi connectivity index (χ1n) is 10.2. The van der Waals surface area contributed by atoms with Crippen molar-refractivity contribution in [2.24, 2.45) is 0 Å². The second-order valence-electron chi connectivity index (χ2n) is 7.92. The SMILES string of the molecule is Nc1nc(N)c2ncn([C@H]3CN(C(=O)CCCc4nc5ccc(F)cc5[nH]4)C[C@@H]3O)c2n1. The van der Waals surface area contributed by atoms with E-state index in [9.17, 15) is 14.3 Å². The van der Waals surface area contributed by atoms with E-state index in [1.54, 1.807) is 15.5 Å². The van der Waals surface area contributed by atoms with Gasteiger partial charge in [-0.2, -0.15) is 9.97 Å². The number of hydrogen-bond donors (Lipinski definition) is 4. The molecule has 3 aromatic heterocycles. The van der Waals surface area contributed by atoms with Gasteiger partial charge in [-0.15, -0.1) is 0 Å². The monoisotopic (exact) mass is 439 g/mol. The van der Waals surface area contributed by atoms with Crippen molar-refractivity contribution >= 4 is 39.9 Å². The summed E-state index contributed by atoms with van der Waals surface area (Å²) in [7, 11) is 0. The summed E-state index contributed by atoms with van der Waals surface area (Å²) in [5.41, 5.74) is 13.7. The molecule has 166 valence electrons. The lowest BCUT2D eigenvalue weighted by atomic mass is 10.2. The molecule has 0 bridgehead atoms. The fraction of sp³-hybridized carbons (Fsp3) is 0.350.